The van der Waals surface area contributed by atoms with Crippen molar-refractivity contribution in [2.45, 2.75) is 37.6 Å². The summed E-state index contributed by atoms with van der Waals surface area (Å²) in [7, 11) is 0. The molecule has 1 saturated carbocycles. The van der Waals surface area contributed by atoms with E-state index in [9.17, 15) is 8.78 Å². The van der Waals surface area contributed by atoms with Crippen LogP contribution in [0.5, 0.6) is 0 Å². The van der Waals surface area contributed by atoms with Gasteiger partial charge in [0.05, 0.1) is 5.52 Å². The van der Waals surface area contributed by atoms with Crippen LogP contribution < -0.4 is 5.32 Å². The van der Waals surface area contributed by atoms with Gasteiger partial charge < -0.3 is 10.3 Å². The van der Waals surface area contributed by atoms with Gasteiger partial charge in [-0.2, -0.15) is 4.98 Å². The predicted molar refractivity (Wildman–Crippen MR) is 103 cm³/mol. The molecule has 1 aromatic carbocycles. The average Bonchev–Trinajstić information content (AvgIpc) is 3.12. The molecule has 0 bridgehead atoms. The Bertz CT molecular complexity index is 1150. The van der Waals surface area contributed by atoms with Crippen molar-refractivity contribution in [3.8, 4) is 11.1 Å². The molecular weight excluding hydrogens is 362 g/mol. The second-order valence-electron chi connectivity index (χ2n) is 7.23. The van der Waals surface area contributed by atoms with Crippen LogP contribution in [0.2, 0.25) is 0 Å². The molecule has 0 amide bonds. The Kier molecular flexibility index (Phi) is 3.92. The largest absolute Gasteiger partial charge is 0.351 e. The number of nitrogens with one attached hydrogen (secondary N) is 2. The molecule has 0 radical (unpaired) electrons. The SMILES string of the molecule is FC1(F)CCC(Nc2ncc3c(-c4ccc5ncncc5c4)c[nH]c3n2)CC1. The van der Waals surface area contributed by atoms with Crippen molar-refractivity contribution < 1.29 is 8.78 Å². The third-order valence-corrected chi connectivity index (χ3v) is 5.30. The van der Waals surface area contributed by atoms with Crippen LogP contribution >= 0.6 is 0 Å². The number of hydrogen-bond donors (Lipinski definition) is 2. The van der Waals surface area contributed by atoms with Gasteiger partial charge in [-0.05, 0) is 30.5 Å². The lowest BCUT2D eigenvalue weighted by molar-refractivity contribution is -0.0361. The molecule has 1 aliphatic carbocycles. The molecule has 2 N–H and O–H groups in total. The Hall–Kier alpha value is -3.16. The Morgan fingerprint density at radius 3 is 2.82 bits per heavy atom. The van der Waals surface area contributed by atoms with Gasteiger partial charge in [0.15, 0.2) is 0 Å². The van der Waals surface area contributed by atoms with Crippen LogP contribution in [0.25, 0.3) is 33.1 Å². The van der Waals surface area contributed by atoms with Crippen molar-refractivity contribution in [1.29, 1.82) is 0 Å². The summed E-state index contributed by atoms with van der Waals surface area (Å²) >= 11 is 0. The maximum atomic E-state index is 13.3. The maximum Gasteiger partial charge on any atom is 0.248 e. The number of aromatic nitrogens is 5. The fourth-order valence-corrected chi connectivity index (χ4v) is 3.73. The van der Waals surface area contributed by atoms with Gasteiger partial charge in [0.1, 0.15) is 12.0 Å². The zero-order valence-corrected chi connectivity index (χ0v) is 15.0. The van der Waals surface area contributed by atoms with Crippen LogP contribution in [-0.2, 0) is 0 Å². The highest BCUT2D eigenvalue weighted by Crippen LogP contribution is 2.34. The minimum absolute atomic E-state index is 0.0213. The topological polar surface area (TPSA) is 79.4 Å². The van der Waals surface area contributed by atoms with Gasteiger partial charge in [0.25, 0.3) is 0 Å². The number of aromatic amines is 1. The van der Waals surface area contributed by atoms with Crippen molar-refractivity contribution in [3.63, 3.8) is 0 Å². The molecule has 0 unspecified atom stereocenters. The van der Waals surface area contributed by atoms with Gasteiger partial charge in [-0.1, -0.05) is 6.07 Å². The number of benzene rings is 1. The number of hydrogen-bond acceptors (Lipinski definition) is 5. The van der Waals surface area contributed by atoms with Crippen LogP contribution in [0.4, 0.5) is 14.7 Å². The van der Waals surface area contributed by atoms with Crippen molar-refractivity contribution in [2.24, 2.45) is 0 Å². The molecule has 5 rings (SSSR count). The van der Waals surface area contributed by atoms with E-state index in [1.165, 1.54) is 6.33 Å². The lowest BCUT2D eigenvalue weighted by atomic mass is 9.92. The molecule has 8 heteroatoms. The molecule has 0 spiro atoms. The number of rotatable bonds is 3. The quantitative estimate of drug-likeness (QED) is 0.545. The zero-order valence-electron chi connectivity index (χ0n) is 15.0. The second kappa shape index (κ2) is 6.47. The lowest BCUT2D eigenvalue weighted by Gasteiger charge is -2.28. The molecule has 1 fully saturated rings. The van der Waals surface area contributed by atoms with Gasteiger partial charge in [-0.25, -0.2) is 23.7 Å². The highest BCUT2D eigenvalue weighted by molar-refractivity contribution is 5.96. The summed E-state index contributed by atoms with van der Waals surface area (Å²) in [5, 5.41) is 5.05. The Balaban J connectivity index is 1.41. The van der Waals surface area contributed by atoms with E-state index < -0.39 is 5.92 Å². The van der Waals surface area contributed by atoms with Crippen LogP contribution in [-0.4, -0.2) is 36.9 Å². The fraction of sp³-hybridized carbons (Fsp3) is 0.300. The number of H-pyrrole nitrogens is 1. The maximum absolute atomic E-state index is 13.3. The minimum atomic E-state index is -2.54. The molecule has 3 aromatic heterocycles. The number of halogens is 2. The fourth-order valence-electron chi connectivity index (χ4n) is 3.73. The van der Waals surface area contributed by atoms with E-state index in [4.69, 9.17) is 0 Å². The van der Waals surface area contributed by atoms with Crippen LogP contribution in [0.3, 0.4) is 0 Å². The molecule has 0 atom stereocenters. The van der Waals surface area contributed by atoms with E-state index in [2.05, 4.69) is 30.2 Å². The van der Waals surface area contributed by atoms with E-state index >= 15 is 0 Å². The first-order chi connectivity index (χ1) is 13.6. The first-order valence-corrected chi connectivity index (χ1v) is 9.26. The summed E-state index contributed by atoms with van der Waals surface area (Å²) in [4.78, 5) is 20.4. The summed E-state index contributed by atoms with van der Waals surface area (Å²) in [5.41, 5.74) is 3.61. The van der Waals surface area contributed by atoms with Crippen molar-refractivity contribution >= 4 is 27.9 Å². The standard InChI is InChI=1S/C20H18F2N6/c21-20(22)5-3-14(4-6-20)27-19-25-10-16-15(9-24-18(16)28-19)12-1-2-17-13(7-12)8-23-11-26-17/h1-2,7-11,14H,3-6H2,(H2,24,25,27,28). The Morgan fingerprint density at radius 2 is 1.96 bits per heavy atom. The average molecular weight is 380 g/mol. The smallest absolute Gasteiger partial charge is 0.248 e. The molecular formula is C20H18F2N6. The Morgan fingerprint density at radius 1 is 1.11 bits per heavy atom. The van der Waals surface area contributed by atoms with Gasteiger partial charge in [-0.15, -0.1) is 0 Å². The molecule has 0 saturated heterocycles. The lowest BCUT2D eigenvalue weighted by Crippen LogP contribution is -2.32. The normalized spacial score (nSPS) is 17.2. The van der Waals surface area contributed by atoms with Crippen molar-refractivity contribution in [2.75, 3.05) is 5.32 Å². The summed E-state index contributed by atoms with van der Waals surface area (Å²) < 4.78 is 26.6. The van der Waals surface area contributed by atoms with Gasteiger partial charge in [0.2, 0.25) is 11.9 Å². The predicted octanol–water partition coefficient (Wildman–Crippen LogP) is 4.56. The number of fused-ring (bicyclic) bond motifs is 2. The number of anilines is 1. The molecule has 1 aliphatic rings. The van der Waals surface area contributed by atoms with Gasteiger partial charge in [0, 0.05) is 53.8 Å². The molecule has 4 aromatic rings. The highest BCUT2D eigenvalue weighted by Gasteiger charge is 2.35. The van der Waals surface area contributed by atoms with E-state index in [1.807, 2.05) is 24.4 Å². The first-order valence-electron chi connectivity index (χ1n) is 9.26. The summed E-state index contributed by atoms with van der Waals surface area (Å²) in [6.45, 7) is 0. The minimum Gasteiger partial charge on any atom is -0.351 e. The highest BCUT2D eigenvalue weighted by atomic mass is 19.3. The van der Waals surface area contributed by atoms with Crippen molar-refractivity contribution in [3.05, 3.63) is 43.1 Å². The molecule has 28 heavy (non-hydrogen) atoms. The third kappa shape index (κ3) is 3.15. The van der Waals surface area contributed by atoms with Gasteiger partial charge >= 0.3 is 0 Å². The van der Waals surface area contributed by atoms with Crippen LogP contribution in [0, 0.1) is 0 Å². The van der Waals surface area contributed by atoms with Crippen molar-refractivity contribution in [1.82, 2.24) is 24.9 Å². The van der Waals surface area contributed by atoms with E-state index in [0.717, 1.165) is 27.4 Å². The molecule has 3 heterocycles. The molecule has 0 aliphatic heterocycles. The summed E-state index contributed by atoms with van der Waals surface area (Å²) in [5.74, 6) is -2.08. The molecule has 142 valence electrons. The van der Waals surface area contributed by atoms with E-state index in [0.29, 0.717) is 24.4 Å². The summed E-state index contributed by atoms with van der Waals surface area (Å²) in [6, 6.07) is 5.98. The van der Waals surface area contributed by atoms with Crippen LogP contribution in [0.1, 0.15) is 25.7 Å². The number of nitrogens with zero attached hydrogens (tertiary/aromatic N) is 4. The summed E-state index contributed by atoms with van der Waals surface area (Å²) in [6.07, 6.45) is 7.63. The van der Waals surface area contributed by atoms with Gasteiger partial charge in [-0.3, -0.25) is 0 Å². The second-order valence-corrected chi connectivity index (χ2v) is 7.23. The monoisotopic (exact) mass is 380 g/mol. The Labute approximate surface area is 159 Å². The molecule has 6 nitrogen and oxygen atoms in total. The number of alkyl halides is 2. The third-order valence-electron chi connectivity index (χ3n) is 5.30. The van der Waals surface area contributed by atoms with Crippen LogP contribution in [0.15, 0.2) is 43.1 Å². The van der Waals surface area contributed by atoms with E-state index in [1.54, 1.807) is 12.4 Å². The first kappa shape index (κ1) is 17.0. The zero-order chi connectivity index (χ0) is 19.1. The van der Waals surface area contributed by atoms with E-state index in [-0.39, 0.29) is 18.9 Å².